The van der Waals surface area contributed by atoms with Crippen molar-refractivity contribution in [1.82, 2.24) is 0 Å². The molecule has 0 N–H and O–H groups in total. The quantitative estimate of drug-likeness (QED) is 0.544. The van der Waals surface area contributed by atoms with Crippen molar-refractivity contribution in [2.24, 2.45) is 22.7 Å². The van der Waals surface area contributed by atoms with Crippen LogP contribution in [0.4, 0.5) is 0 Å². The van der Waals surface area contributed by atoms with E-state index in [1.54, 1.807) is 0 Å². The standard InChI is InChI=1S/C16H28O2/c1-11-8-9-12(2)16(6,7)13(11)10-18-14(17)15(3,4)5/h12-13H,1,8-10H2,2-7H3/t12-,13+/m0/s1. The second-order valence-electron chi connectivity index (χ2n) is 7.32. The fourth-order valence-corrected chi connectivity index (χ4v) is 2.53. The molecule has 1 aliphatic carbocycles. The third-order valence-corrected chi connectivity index (χ3v) is 4.55. The van der Waals surface area contributed by atoms with Crippen molar-refractivity contribution in [1.29, 1.82) is 0 Å². The van der Waals surface area contributed by atoms with Gasteiger partial charge in [-0.2, -0.15) is 0 Å². The van der Waals surface area contributed by atoms with Gasteiger partial charge in [-0.1, -0.05) is 32.9 Å². The van der Waals surface area contributed by atoms with E-state index in [4.69, 9.17) is 4.74 Å². The third-order valence-electron chi connectivity index (χ3n) is 4.55. The molecular weight excluding hydrogens is 224 g/mol. The zero-order valence-corrected chi connectivity index (χ0v) is 12.8. The van der Waals surface area contributed by atoms with Crippen LogP contribution in [0.2, 0.25) is 0 Å². The van der Waals surface area contributed by atoms with Crippen LogP contribution >= 0.6 is 0 Å². The van der Waals surface area contributed by atoms with E-state index in [0.29, 0.717) is 12.5 Å². The maximum absolute atomic E-state index is 11.9. The van der Waals surface area contributed by atoms with E-state index < -0.39 is 5.41 Å². The minimum atomic E-state index is -0.425. The van der Waals surface area contributed by atoms with Crippen LogP contribution in [-0.2, 0) is 9.53 Å². The summed E-state index contributed by atoms with van der Waals surface area (Å²) < 4.78 is 5.50. The molecule has 1 rings (SSSR count). The lowest BCUT2D eigenvalue weighted by Gasteiger charge is -2.45. The molecule has 18 heavy (non-hydrogen) atoms. The maximum atomic E-state index is 11.9. The molecule has 2 nitrogen and oxygen atoms in total. The van der Waals surface area contributed by atoms with Crippen LogP contribution in [0.15, 0.2) is 12.2 Å². The van der Waals surface area contributed by atoms with Gasteiger partial charge in [-0.05, 0) is 44.9 Å². The molecule has 1 saturated carbocycles. The van der Waals surface area contributed by atoms with Gasteiger partial charge < -0.3 is 4.74 Å². The number of esters is 1. The molecule has 0 saturated heterocycles. The predicted molar refractivity (Wildman–Crippen MR) is 75.2 cm³/mol. The first-order valence-corrected chi connectivity index (χ1v) is 6.91. The fourth-order valence-electron chi connectivity index (χ4n) is 2.53. The Morgan fingerprint density at radius 1 is 1.44 bits per heavy atom. The average molecular weight is 252 g/mol. The number of carbonyl (C=O) groups is 1. The molecule has 1 aliphatic rings. The first kappa shape index (κ1) is 15.3. The highest BCUT2D eigenvalue weighted by Gasteiger charge is 2.40. The normalized spacial score (nSPS) is 28.0. The Kier molecular flexibility index (Phi) is 4.30. The molecule has 104 valence electrons. The highest BCUT2D eigenvalue weighted by atomic mass is 16.5. The highest BCUT2D eigenvalue weighted by Crippen LogP contribution is 2.47. The molecule has 2 atom stereocenters. The predicted octanol–water partition coefficient (Wildman–Crippen LogP) is 4.20. The van der Waals surface area contributed by atoms with E-state index in [1.165, 1.54) is 12.0 Å². The summed E-state index contributed by atoms with van der Waals surface area (Å²) in [6.07, 6.45) is 2.25. The highest BCUT2D eigenvalue weighted by molar-refractivity contribution is 5.75. The van der Waals surface area contributed by atoms with Crippen LogP contribution in [0.5, 0.6) is 0 Å². The van der Waals surface area contributed by atoms with Crippen molar-refractivity contribution in [2.45, 2.75) is 54.4 Å². The monoisotopic (exact) mass is 252 g/mol. The van der Waals surface area contributed by atoms with Crippen molar-refractivity contribution in [2.75, 3.05) is 6.61 Å². The number of hydrogen-bond donors (Lipinski definition) is 0. The number of hydrogen-bond acceptors (Lipinski definition) is 2. The molecule has 0 aromatic carbocycles. The lowest BCUT2D eigenvalue weighted by atomic mass is 9.61. The van der Waals surface area contributed by atoms with E-state index in [2.05, 4.69) is 27.4 Å². The van der Waals surface area contributed by atoms with Crippen molar-refractivity contribution in [3.63, 3.8) is 0 Å². The topological polar surface area (TPSA) is 26.3 Å². The Bertz CT molecular complexity index is 333. The Balaban J connectivity index is 2.70. The summed E-state index contributed by atoms with van der Waals surface area (Å²) in [5.41, 5.74) is 0.971. The smallest absolute Gasteiger partial charge is 0.311 e. The van der Waals surface area contributed by atoms with Crippen LogP contribution in [0.3, 0.4) is 0 Å². The van der Waals surface area contributed by atoms with Gasteiger partial charge in [-0.3, -0.25) is 4.79 Å². The van der Waals surface area contributed by atoms with Gasteiger partial charge in [0, 0.05) is 5.92 Å². The maximum Gasteiger partial charge on any atom is 0.311 e. The van der Waals surface area contributed by atoms with Crippen LogP contribution in [0.25, 0.3) is 0 Å². The van der Waals surface area contributed by atoms with E-state index in [1.807, 2.05) is 20.8 Å². The largest absolute Gasteiger partial charge is 0.465 e. The lowest BCUT2D eigenvalue weighted by Crippen LogP contribution is -2.40. The zero-order chi connectivity index (χ0) is 14.1. The molecule has 0 heterocycles. The Morgan fingerprint density at radius 2 is 2.00 bits per heavy atom. The summed E-state index contributed by atoms with van der Waals surface area (Å²) in [6.45, 7) is 17.1. The Morgan fingerprint density at radius 3 is 2.50 bits per heavy atom. The molecule has 1 fully saturated rings. The first-order chi connectivity index (χ1) is 8.06. The summed E-state index contributed by atoms with van der Waals surface area (Å²) in [7, 11) is 0. The van der Waals surface area contributed by atoms with Gasteiger partial charge >= 0.3 is 5.97 Å². The second kappa shape index (κ2) is 5.07. The fraction of sp³-hybridized carbons (Fsp3) is 0.812. The van der Waals surface area contributed by atoms with Gasteiger partial charge in [0.2, 0.25) is 0 Å². The zero-order valence-electron chi connectivity index (χ0n) is 12.8. The minimum absolute atomic E-state index is 0.121. The number of carbonyl (C=O) groups excluding carboxylic acids is 1. The van der Waals surface area contributed by atoms with Gasteiger partial charge in [-0.25, -0.2) is 0 Å². The summed E-state index contributed by atoms with van der Waals surface area (Å²) in [5, 5.41) is 0. The second-order valence-corrected chi connectivity index (χ2v) is 7.32. The van der Waals surface area contributed by atoms with Crippen LogP contribution in [-0.4, -0.2) is 12.6 Å². The SMILES string of the molecule is C=C1CC[C@H](C)C(C)(C)[C@@H]1COC(=O)C(C)(C)C. The number of rotatable bonds is 2. The first-order valence-electron chi connectivity index (χ1n) is 6.91. The number of ether oxygens (including phenoxy) is 1. The van der Waals surface area contributed by atoms with Gasteiger partial charge in [0.1, 0.15) is 0 Å². The van der Waals surface area contributed by atoms with Crippen molar-refractivity contribution < 1.29 is 9.53 Å². The van der Waals surface area contributed by atoms with Crippen molar-refractivity contribution >= 4 is 5.97 Å². The van der Waals surface area contributed by atoms with Crippen molar-refractivity contribution in [3.05, 3.63) is 12.2 Å². The lowest BCUT2D eigenvalue weighted by molar-refractivity contribution is -0.155. The van der Waals surface area contributed by atoms with E-state index in [-0.39, 0.29) is 17.3 Å². The Labute approximate surface area is 112 Å². The van der Waals surface area contributed by atoms with Gasteiger partial charge in [0.25, 0.3) is 0 Å². The molecule has 0 amide bonds. The average Bonchev–Trinajstić information content (AvgIpc) is 2.22. The summed E-state index contributed by atoms with van der Waals surface area (Å²) >= 11 is 0. The summed E-state index contributed by atoms with van der Waals surface area (Å²) in [5.74, 6) is 0.804. The summed E-state index contributed by atoms with van der Waals surface area (Å²) in [6, 6.07) is 0. The molecule has 0 bridgehead atoms. The van der Waals surface area contributed by atoms with Crippen LogP contribution in [0, 0.1) is 22.7 Å². The van der Waals surface area contributed by atoms with Gasteiger partial charge in [0.05, 0.1) is 12.0 Å². The molecule has 0 aromatic heterocycles. The molecule has 0 radical (unpaired) electrons. The van der Waals surface area contributed by atoms with Crippen LogP contribution < -0.4 is 0 Å². The van der Waals surface area contributed by atoms with Crippen LogP contribution in [0.1, 0.15) is 54.4 Å². The van der Waals surface area contributed by atoms with E-state index in [9.17, 15) is 4.79 Å². The third kappa shape index (κ3) is 3.15. The van der Waals surface area contributed by atoms with E-state index >= 15 is 0 Å². The molecule has 0 unspecified atom stereocenters. The molecular formula is C16H28O2. The minimum Gasteiger partial charge on any atom is -0.465 e. The van der Waals surface area contributed by atoms with Gasteiger partial charge in [-0.15, -0.1) is 0 Å². The molecule has 0 aromatic rings. The summed E-state index contributed by atoms with van der Waals surface area (Å²) in [4.78, 5) is 11.9. The van der Waals surface area contributed by atoms with Crippen molar-refractivity contribution in [3.8, 4) is 0 Å². The molecule has 2 heteroatoms. The van der Waals surface area contributed by atoms with Gasteiger partial charge in [0.15, 0.2) is 0 Å². The molecule has 0 spiro atoms. The van der Waals surface area contributed by atoms with E-state index in [0.717, 1.165) is 6.42 Å². The Hall–Kier alpha value is -0.790. The molecule has 0 aliphatic heterocycles.